The van der Waals surface area contributed by atoms with E-state index in [1.807, 2.05) is 44.7 Å². The van der Waals surface area contributed by atoms with E-state index in [0.717, 1.165) is 5.56 Å². The topological polar surface area (TPSA) is 69.9 Å². The maximum atomic E-state index is 13.7. The van der Waals surface area contributed by atoms with E-state index in [4.69, 9.17) is 4.52 Å². The van der Waals surface area contributed by atoms with Crippen molar-refractivity contribution in [2.75, 3.05) is 45.2 Å². The van der Waals surface area contributed by atoms with Crippen molar-refractivity contribution in [3.8, 4) is 11.3 Å². The van der Waals surface area contributed by atoms with Crippen LogP contribution in [0.1, 0.15) is 25.0 Å². The van der Waals surface area contributed by atoms with E-state index in [1.54, 1.807) is 36.4 Å². The molecule has 0 radical (unpaired) electrons. The lowest BCUT2D eigenvalue weighted by Gasteiger charge is -2.25. The van der Waals surface area contributed by atoms with Crippen molar-refractivity contribution < 1.29 is 17.3 Å². The van der Waals surface area contributed by atoms with Gasteiger partial charge in [-0.05, 0) is 71.3 Å². The van der Waals surface area contributed by atoms with Crippen molar-refractivity contribution in [1.29, 1.82) is 0 Å². The summed E-state index contributed by atoms with van der Waals surface area (Å²) in [5.41, 5.74) is 2.82. The molecule has 0 atom stereocenters. The molecule has 1 heterocycles. The summed E-state index contributed by atoms with van der Waals surface area (Å²) in [7, 11) is 0.0158. The Morgan fingerprint density at radius 3 is 2.12 bits per heavy atom. The second-order valence-corrected chi connectivity index (χ2v) is 10.4. The largest absolute Gasteiger partial charge is 0.341 e. The third kappa shape index (κ3) is 5.84. The zero-order chi connectivity index (χ0) is 24.9. The molecule has 0 aliphatic carbocycles. The average Bonchev–Trinajstić information content (AvgIpc) is 3.21. The van der Waals surface area contributed by atoms with E-state index in [0.29, 0.717) is 42.3 Å². The Balaban J connectivity index is 2.10. The van der Waals surface area contributed by atoms with Crippen LogP contribution in [0.2, 0.25) is 0 Å². The monoisotopic (exact) mass is 488 g/mol. The van der Waals surface area contributed by atoms with E-state index in [2.05, 4.69) is 5.16 Å². The highest BCUT2D eigenvalue weighted by Crippen LogP contribution is 2.34. The van der Waals surface area contributed by atoms with Gasteiger partial charge in [0.15, 0.2) is 0 Å². The Morgan fingerprint density at radius 1 is 0.941 bits per heavy atom. The highest BCUT2D eigenvalue weighted by atomic mass is 32.2. The van der Waals surface area contributed by atoms with Crippen LogP contribution in [-0.2, 0) is 16.6 Å². The van der Waals surface area contributed by atoms with Crippen molar-refractivity contribution in [2.24, 2.45) is 0 Å². The van der Waals surface area contributed by atoms with Gasteiger partial charge in [-0.1, -0.05) is 22.9 Å². The molecular formula is C25H33FN4O3S. The fourth-order valence-electron chi connectivity index (χ4n) is 3.67. The van der Waals surface area contributed by atoms with Crippen LogP contribution in [0.25, 0.3) is 11.3 Å². The smallest absolute Gasteiger partial charge is 0.243 e. The first kappa shape index (κ1) is 25.9. The highest BCUT2D eigenvalue weighted by molar-refractivity contribution is 7.89. The zero-order valence-electron chi connectivity index (χ0n) is 20.5. The summed E-state index contributed by atoms with van der Waals surface area (Å²) < 4.78 is 48.1. The van der Waals surface area contributed by atoms with Crippen LogP contribution >= 0.6 is 0 Å². The molecule has 2 aromatic carbocycles. The fraction of sp³-hybridized carbons (Fsp3) is 0.400. The zero-order valence-corrected chi connectivity index (χ0v) is 21.3. The number of aromatic nitrogens is 1. The average molecular weight is 489 g/mol. The molecule has 0 spiro atoms. The normalized spacial score (nSPS) is 12.0. The molecule has 0 aliphatic heterocycles. The van der Waals surface area contributed by atoms with Gasteiger partial charge in [0, 0.05) is 38.3 Å². The van der Waals surface area contributed by atoms with Crippen LogP contribution in [0.15, 0.2) is 57.9 Å². The molecule has 0 fully saturated rings. The van der Waals surface area contributed by atoms with Crippen molar-refractivity contribution in [3.63, 3.8) is 0 Å². The van der Waals surface area contributed by atoms with E-state index in [-0.39, 0.29) is 23.8 Å². The van der Waals surface area contributed by atoms with Crippen LogP contribution in [0.3, 0.4) is 0 Å². The third-order valence-corrected chi connectivity index (χ3v) is 7.58. The number of rotatable bonds is 11. The molecule has 9 heteroatoms. The van der Waals surface area contributed by atoms with Gasteiger partial charge in [0.2, 0.25) is 15.9 Å². The molecule has 0 bridgehead atoms. The van der Waals surface area contributed by atoms with Crippen molar-refractivity contribution >= 4 is 15.9 Å². The molecule has 34 heavy (non-hydrogen) atoms. The number of hydrogen-bond donors (Lipinski definition) is 0. The van der Waals surface area contributed by atoms with Gasteiger partial charge in [0.1, 0.15) is 11.5 Å². The minimum absolute atomic E-state index is 0.0755. The first-order chi connectivity index (χ1) is 16.2. The van der Waals surface area contributed by atoms with Gasteiger partial charge in [-0.15, -0.1) is 0 Å². The predicted octanol–water partition coefficient (Wildman–Crippen LogP) is 4.39. The molecule has 0 unspecified atom stereocenters. The van der Waals surface area contributed by atoms with Gasteiger partial charge in [0.05, 0.1) is 10.5 Å². The maximum Gasteiger partial charge on any atom is 0.243 e. The first-order valence-corrected chi connectivity index (χ1v) is 12.8. The first-order valence-electron chi connectivity index (χ1n) is 11.4. The van der Waals surface area contributed by atoms with Crippen molar-refractivity contribution in [1.82, 2.24) is 14.4 Å². The summed E-state index contributed by atoms with van der Waals surface area (Å²) in [5, 5.41) is 4.28. The Hall–Kier alpha value is -2.75. The lowest BCUT2D eigenvalue weighted by Crippen LogP contribution is -2.36. The minimum Gasteiger partial charge on any atom is -0.341 e. The molecule has 1 aromatic heterocycles. The number of sulfonamides is 1. The Kier molecular flexibility index (Phi) is 8.46. The standard InChI is InChI=1S/C25H33FN4O3S/c1-6-29(7-2)25-23(24(27-33-25)20-10-12-21(26)13-11-20)18-30(17-16-28(4)5)34(31,32)22-14-8-19(3)9-15-22/h8-15H,6-7,16-18H2,1-5H3. The van der Waals surface area contributed by atoms with Gasteiger partial charge in [-0.25, -0.2) is 12.8 Å². The van der Waals surface area contributed by atoms with Gasteiger partial charge >= 0.3 is 0 Å². The fourth-order valence-corrected chi connectivity index (χ4v) is 5.07. The lowest BCUT2D eigenvalue weighted by molar-refractivity contribution is 0.328. The summed E-state index contributed by atoms with van der Waals surface area (Å²) in [5.74, 6) is 0.172. The quantitative estimate of drug-likeness (QED) is 0.399. The second kappa shape index (κ2) is 11.1. The van der Waals surface area contributed by atoms with Gasteiger partial charge in [0.25, 0.3) is 0 Å². The number of benzene rings is 2. The summed E-state index contributed by atoms with van der Waals surface area (Å²) in [6.45, 7) is 8.17. The number of aryl methyl sites for hydroxylation is 1. The number of hydrogen-bond acceptors (Lipinski definition) is 6. The van der Waals surface area contributed by atoms with Crippen molar-refractivity contribution in [2.45, 2.75) is 32.2 Å². The SMILES string of the molecule is CCN(CC)c1onc(-c2ccc(F)cc2)c1CN(CCN(C)C)S(=O)(=O)c1ccc(C)cc1. The number of likely N-dealkylation sites (N-methyl/N-ethyl adjacent to an activating group) is 1. The molecule has 184 valence electrons. The van der Waals surface area contributed by atoms with Gasteiger partial charge < -0.3 is 14.3 Å². The minimum atomic E-state index is -3.79. The van der Waals surface area contributed by atoms with E-state index >= 15 is 0 Å². The number of anilines is 1. The summed E-state index contributed by atoms with van der Waals surface area (Å²) >= 11 is 0. The van der Waals surface area contributed by atoms with E-state index in [9.17, 15) is 12.8 Å². The molecule has 3 aromatic rings. The molecule has 7 nitrogen and oxygen atoms in total. The number of halogens is 1. The van der Waals surface area contributed by atoms with Crippen LogP contribution in [0, 0.1) is 12.7 Å². The molecule has 0 aliphatic rings. The molecular weight excluding hydrogens is 455 g/mol. The summed E-state index contributed by atoms with van der Waals surface area (Å²) in [4.78, 5) is 4.18. The predicted molar refractivity (Wildman–Crippen MR) is 133 cm³/mol. The lowest BCUT2D eigenvalue weighted by atomic mass is 10.1. The Morgan fingerprint density at radius 2 is 1.56 bits per heavy atom. The van der Waals surface area contributed by atoms with Gasteiger partial charge in [-0.2, -0.15) is 4.31 Å². The van der Waals surface area contributed by atoms with Crippen LogP contribution < -0.4 is 4.90 Å². The highest BCUT2D eigenvalue weighted by Gasteiger charge is 2.30. The molecule has 3 rings (SSSR count). The third-order valence-electron chi connectivity index (χ3n) is 5.73. The number of nitrogens with zero attached hydrogens (tertiary/aromatic N) is 4. The Labute approximate surface area is 201 Å². The molecule has 0 N–H and O–H groups in total. The Bertz CT molecular complexity index is 1170. The molecule has 0 saturated carbocycles. The summed E-state index contributed by atoms with van der Waals surface area (Å²) in [6.07, 6.45) is 0. The summed E-state index contributed by atoms with van der Waals surface area (Å²) in [6, 6.07) is 12.8. The van der Waals surface area contributed by atoms with E-state index < -0.39 is 10.0 Å². The van der Waals surface area contributed by atoms with Crippen LogP contribution in [-0.4, -0.2) is 63.1 Å². The van der Waals surface area contributed by atoms with Gasteiger partial charge in [-0.3, -0.25) is 0 Å². The molecule has 0 amide bonds. The maximum absolute atomic E-state index is 13.7. The second-order valence-electron chi connectivity index (χ2n) is 8.45. The van der Waals surface area contributed by atoms with Crippen molar-refractivity contribution in [3.05, 3.63) is 65.5 Å². The van der Waals surface area contributed by atoms with E-state index in [1.165, 1.54) is 16.4 Å². The molecule has 0 saturated heterocycles. The van der Waals surface area contributed by atoms with Crippen LogP contribution in [0.4, 0.5) is 10.3 Å². The van der Waals surface area contributed by atoms with Crippen LogP contribution in [0.5, 0.6) is 0 Å².